The van der Waals surface area contributed by atoms with E-state index in [-0.39, 0.29) is 5.54 Å². The van der Waals surface area contributed by atoms with Crippen LogP contribution in [-0.4, -0.2) is 16.1 Å². The molecule has 2 heterocycles. The Labute approximate surface area is 105 Å². The molecule has 4 heteroatoms. The van der Waals surface area contributed by atoms with Gasteiger partial charge in [-0.15, -0.1) is 11.3 Å². The van der Waals surface area contributed by atoms with Crippen LogP contribution in [0, 0.1) is 5.92 Å². The highest BCUT2D eigenvalue weighted by Gasteiger charge is 2.42. The van der Waals surface area contributed by atoms with Gasteiger partial charge in [-0.25, -0.2) is 4.98 Å². The summed E-state index contributed by atoms with van der Waals surface area (Å²) in [6.45, 7) is 2.93. The second-order valence-electron chi connectivity index (χ2n) is 4.96. The van der Waals surface area contributed by atoms with E-state index in [9.17, 15) is 0 Å². The Bertz CT molecular complexity index is 498. The molecule has 1 aliphatic carbocycles. The molecular weight excluding hydrogens is 230 g/mol. The molecule has 1 unspecified atom stereocenters. The summed E-state index contributed by atoms with van der Waals surface area (Å²) in [5, 5.41) is 2.10. The Morgan fingerprint density at radius 2 is 2.41 bits per heavy atom. The van der Waals surface area contributed by atoms with Gasteiger partial charge in [0.25, 0.3) is 0 Å². The minimum atomic E-state index is 0.0236. The van der Waals surface area contributed by atoms with Crippen LogP contribution in [-0.2, 0) is 5.54 Å². The van der Waals surface area contributed by atoms with Crippen LogP contribution in [0.5, 0.6) is 0 Å². The van der Waals surface area contributed by atoms with E-state index in [1.807, 2.05) is 12.5 Å². The third-order valence-corrected chi connectivity index (χ3v) is 4.72. The fraction of sp³-hybridized carbons (Fsp3) is 0.462. The molecule has 2 aromatic heterocycles. The van der Waals surface area contributed by atoms with E-state index in [4.69, 9.17) is 5.73 Å². The highest BCUT2D eigenvalue weighted by molar-refractivity contribution is 7.13. The maximum Gasteiger partial charge on any atom is 0.0956 e. The Morgan fingerprint density at radius 3 is 3.00 bits per heavy atom. The van der Waals surface area contributed by atoms with E-state index < -0.39 is 0 Å². The van der Waals surface area contributed by atoms with E-state index in [0.29, 0.717) is 12.5 Å². The Hall–Kier alpha value is -1.13. The predicted molar refractivity (Wildman–Crippen MR) is 71.0 cm³/mol. The molecule has 3 rings (SSSR count). The summed E-state index contributed by atoms with van der Waals surface area (Å²) in [5.41, 5.74) is 7.23. The average molecular weight is 247 g/mol. The molecule has 0 saturated heterocycles. The third-order valence-electron chi connectivity index (χ3n) is 3.83. The molecule has 3 nitrogen and oxygen atoms in total. The highest BCUT2D eigenvalue weighted by atomic mass is 32.1. The van der Waals surface area contributed by atoms with Crippen molar-refractivity contribution in [1.82, 2.24) is 9.55 Å². The van der Waals surface area contributed by atoms with E-state index >= 15 is 0 Å². The van der Waals surface area contributed by atoms with Crippen molar-refractivity contribution in [1.29, 1.82) is 0 Å². The first-order chi connectivity index (χ1) is 8.25. The van der Waals surface area contributed by atoms with Crippen molar-refractivity contribution in [2.75, 3.05) is 6.54 Å². The Balaban J connectivity index is 2.06. The lowest BCUT2D eigenvalue weighted by Gasteiger charge is -2.31. The monoisotopic (exact) mass is 247 g/mol. The molecule has 90 valence electrons. The predicted octanol–water partition coefficient (Wildman–Crippen LogP) is 2.70. The van der Waals surface area contributed by atoms with Crippen molar-refractivity contribution in [3.05, 3.63) is 30.0 Å². The largest absolute Gasteiger partial charge is 0.328 e. The lowest BCUT2D eigenvalue weighted by Crippen LogP contribution is -2.40. The molecule has 1 aliphatic rings. The van der Waals surface area contributed by atoms with Gasteiger partial charge in [0.1, 0.15) is 0 Å². The summed E-state index contributed by atoms with van der Waals surface area (Å²) in [4.78, 5) is 5.58. The van der Waals surface area contributed by atoms with Gasteiger partial charge < -0.3 is 10.3 Å². The first-order valence-corrected chi connectivity index (χ1v) is 6.90. The molecule has 17 heavy (non-hydrogen) atoms. The highest BCUT2D eigenvalue weighted by Crippen LogP contribution is 2.45. The van der Waals surface area contributed by atoms with Gasteiger partial charge in [0.05, 0.1) is 28.6 Å². The maximum absolute atomic E-state index is 6.02. The second kappa shape index (κ2) is 3.96. The molecule has 0 amide bonds. The number of nitrogens with zero attached hydrogens (tertiary/aromatic N) is 2. The van der Waals surface area contributed by atoms with Crippen molar-refractivity contribution in [3.63, 3.8) is 0 Å². The molecule has 1 fully saturated rings. The van der Waals surface area contributed by atoms with Gasteiger partial charge in [-0.05, 0) is 37.1 Å². The minimum absolute atomic E-state index is 0.0236. The normalized spacial score (nSPS) is 19.2. The van der Waals surface area contributed by atoms with Crippen LogP contribution in [0.2, 0.25) is 0 Å². The van der Waals surface area contributed by atoms with Crippen LogP contribution in [0.15, 0.2) is 30.0 Å². The number of hydrogen-bond acceptors (Lipinski definition) is 3. The van der Waals surface area contributed by atoms with Crippen LogP contribution >= 0.6 is 11.3 Å². The number of thiophene rings is 1. The molecule has 0 radical (unpaired) electrons. The molecule has 0 spiro atoms. The first-order valence-electron chi connectivity index (χ1n) is 6.02. The molecule has 0 aromatic carbocycles. The molecule has 0 bridgehead atoms. The van der Waals surface area contributed by atoms with Gasteiger partial charge in [-0.1, -0.05) is 6.07 Å². The number of rotatable bonds is 4. The summed E-state index contributed by atoms with van der Waals surface area (Å²) in [5.74, 6) is 0.709. The number of nitrogens with two attached hydrogens (primary N) is 1. The molecule has 2 aromatic rings. The van der Waals surface area contributed by atoms with Gasteiger partial charge in [-0.2, -0.15) is 0 Å². The van der Waals surface area contributed by atoms with E-state index in [1.54, 1.807) is 11.3 Å². The fourth-order valence-electron chi connectivity index (χ4n) is 2.48. The van der Waals surface area contributed by atoms with Crippen LogP contribution in [0.25, 0.3) is 10.6 Å². The standard InChI is InChI=1S/C13H17N3S/c1-13(8-14,10-4-5-10)16-9-15-7-11(16)12-3-2-6-17-12/h2-3,6-7,9-10H,4-5,8,14H2,1H3. The minimum Gasteiger partial charge on any atom is -0.328 e. The van der Waals surface area contributed by atoms with Crippen LogP contribution < -0.4 is 5.73 Å². The third kappa shape index (κ3) is 1.72. The molecule has 1 atom stereocenters. The summed E-state index contributed by atoms with van der Waals surface area (Å²) in [6, 6.07) is 4.22. The van der Waals surface area contributed by atoms with Gasteiger partial charge in [0.2, 0.25) is 0 Å². The smallest absolute Gasteiger partial charge is 0.0956 e. The topological polar surface area (TPSA) is 43.8 Å². The average Bonchev–Trinajstić information content (AvgIpc) is 2.88. The van der Waals surface area contributed by atoms with Gasteiger partial charge in [0.15, 0.2) is 0 Å². The number of imidazole rings is 1. The molecule has 2 N–H and O–H groups in total. The zero-order valence-corrected chi connectivity index (χ0v) is 10.8. The van der Waals surface area contributed by atoms with E-state index in [0.717, 1.165) is 0 Å². The Morgan fingerprint density at radius 1 is 1.59 bits per heavy atom. The van der Waals surface area contributed by atoms with Crippen molar-refractivity contribution in [2.45, 2.75) is 25.3 Å². The zero-order valence-electron chi connectivity index (χ0n) is 9.97. The molecule has 0 aliphatic heterocycles. The summed E-state index contributed by atoms with van der Waals surface area (Å²) in [6.07, 6.45) is 6.45. The van der Waals surface area contributed by atoms with E-state index in [1.165, 1.54) is 23.4 Å². The maximum atomic E-state index is 6.02. The quantitative estimate of drug-likeness (QED) is 0.902. The fourth-order valence-corrected chi connectivity index (χ4v) is 3.21. The van der Waals surface area contributed by atoms with Crippen molar-refractivity contribution >= 4 is 11.3 Å². The first kappa shape index (κ1) is 11.0. The van der Waals surface area contributed by atoms with Crippen LogP contribution in [0.1, 0.15) is 19.8 Å². The second-order valence-corrected chi connectivity index (χ2v) is 5.91. The summed E-state index contributed by atoms with van der Waals surface area (Å²) in [7, 11) is 0. The zero-order chi connectivity index (χ0) is 11.9. The van der Waals surface area contributed by atoms with Gasteiger partial charge in [0, 0.05) is 6.54 Å². The van der Waals surface area contributed by atoms with E-state index in [2.05, 4.69) is 34.0 Å². The van der Waals surface area contributed by atoms with Crippen molar-refractivity contribution < 1.29 is 0 Å². The van der Waals surface area contributed by atoms with Gasteiger partial charge >= 0.3 is 0 Å². The lowest BCUT2D eigenvalue weighted by atomic mass is 9.95. The molecular formula is C13H17N3S. The SMILES string of the molecule is CC(CN)(C1CC1)n1cncc1-c1cccs1. The lowest BCUT2D eigenvalue weighted by molar-refractivity contribution is 0.284. The molecule has 1 saturated carbocycles. The summed E-state index contributed by atoms with van der Waals surface area (Å²) < 4.78 is 2.27. The summed E-state index contributed by atoms with van der Waals surface area (Å²) >= 11 is 1.75. The van der Waals surface area contributed by atoms with Gasteiger partial charge in [-0.3, -0.25) is 0 Å². The number of aromatic nitrogens is 2. The van der Waals surface area contributed by atoms with Crippen LogP contribution in [0.3, 0.4) is 0 Å². The van der Waals surface area contributed by atoms with Crippen molar-refractivity contribution in [3.8, 4) is 10.6 Å². The van der Waals surface area contributed by atoms with Crippen molar-refractivity contribution in [2.24, 2.45) is 11.7 Å². The van der Waals surface area contributed by atoms with Crippen LogP contribution in [0.4, 0.5) is 0 Å². The number of hydrogen-bond donors (Lipinski definition) is 1. The Kier molecular flexibility index (Phi) is 2.56.